The molecule has 1 aliphatic heterocycles. The molecule has 0 N–H and O–H groups in total. The highest BCUT2D eigenvalue weighted by atomic mass is 35.5. The van der Waals surface area contributed by atoms with Crippen LogP contribution in [0.1, 0.15) is 35.5 Å². The van der Waals surface area contributed by atoms with Crippen LogP contribution in [0, 0.1) is 12.8 Å². The van der Waals surface area contributed by atoms with E-state index in [4.69, 9.17) is 11.6 Å². The maximum atomic E-state index is 12.5. The molecule has 1 aliphatic rings. The lowest BCUT2D eigenvalue weighted by molar-refractivity contribution is -0.126. The highest BCUT2D eigenvalue weighted by molar-refractivity contribution is 7.10. The smallest absolute Gasteiger partial charge is 0.246 e. The number of carbonyl (C=O) groups excluding carboxylic acids is 1. The molecular weight excluding hydrogens is 342 g/mol. The van der Waals surface area contributed by atoms with Crippen molar-refractivity contribution in [2.45, 2.75) is 40.3 Å². The minimum absolute atomic E-state index is 0.0268. The molecule has 0 radical (unpaired) electrons. The summed E-state index contributed by atoms with van der Waals surface area (Å²) >= 11 is 8.20. The fourth-order valence-electron chi connectivity index (χ4n) is 2.92. The van der Waals surface area contributed by atoms with Gasteiger partial charge in [0.2, 0.25) is 5.91 Å². The van der Waals surface area contributed by atoms with Crippen molar-refractivity contribution in [1.82, 2.24) is 14.7 Å². The summed E-state index contributed by atoms with van der Waals surface area (Å²) in [6, 6.07) is 2.11. The van der Waals surface area contributed by atoms with Crippen LogP contribution in [0.25, 0.3) is 6.08 Å². The van der Waals surface area contributed by atoms with Crippen molar-refractivity contribution in [3.63, 3.8) is 0 Å². The predicted octanol–water partition coefficient (Wildman–Crippen LogP) is 4.16. The van der Waals surface area contributed by atoms with Gasteiger partial charge in [0.05, 0.1) is 5.69 Å². The Morgan fingerprint density at radius 3 is 3.04 bits per heavy atom. The molecule has 0 aromatic carbocycles. The van der Waals surface area contributed by atoms with Gasteiger partial charge in [-0.25, -0.2) is 0 Å². The summed E-state index contributed by atoms with van der Waals surface area (Å²) in [7, 11) is 0. The Balaban J connectivity index is 1.72. The maximum Gasteiger partial charge on any atom is 0.246 e. The molecule has 2 aromatic heterocycles. The first kappa shape index (κ1) is 17.2. The first-order chi connectivity index (χ1) is 11.5. The van der Waals surface area contributed by atoms with Crippen molar-refractivity contribution < 1.29 is 4.79 Å². The van der Waals surface area contributed by atoms with E-state index >= 15 is 0 Å². The van der Waals surface area contributed by atoms with E-state index in [9.17, 15) is 4.79 Å². The number of amides is 1. The van der Waals surface area contributed by atoms with Crippen molar-refractivity contribution in [3.8, 4) is 0 Å². The van der Waals surface area contributed by atoms with Crippen LogP contribution in [0.4, 0.5) is 0 Å². The first-order valence-electron chi connectivity index (χ1n) is 8.21. The zero-order valence-corrected chi connectivity index (χ0v) is 15.8. The fraction of sp³-hybridized carbons (Fsp3) is 0.444. The summed E-state index contributed by atoms with van der Waals surface area (Å²) in [6.45, 7) is 8.42. The molecule has 0 atom stereocenters. The SMILES string of the molecule is Cc1nn(CC(C)C)c(Cl)c1/C=C/C(=O)N1CCc2sccc2C1. The molecule has 2 aromatic rings. The van der Waals surface area contributed by atoms with Crippen LogP contribution in [-0.2, 0) is 24.3 Å². The van der Waals surface area contributed by atoms with Crippen LogP contribution in [0.15, 0.2) is 17.5 Å². The molecular formula is C18H22ClN3OS. The van der Waals surface area contributed by atoms with Gasteiger partial charge in [-0.05, 0) is 42.3 Å². The molecule has 0 saturated carbocycles. The van der Waals surface area contributed by atoms with E-state index < -0.39 is 0 Å². The standard InChI is InChI=1S/C18H22ClN3OS/c1-12(2)10-22-18(19)15(13(3)20-22)4-5-17(23)21-8-6-16-14(11-21)7-9-24-16/h4-5,7,9,12H,6,8,10-11H2,1-3H3/b5-4+. The van der Waals surface area contributed by atoms with Gasteiger partial charge in [-0.1, -0.05) is 25.4 Å². The van der Waals surface area contributed by atoms with Gasteiger partial charge in [-0.3, -0.25) is 9.48 Å². The number of thiophene rings is 1. The lowest BCUT2D eigenvalue weighted by Gasteiger charge is -2.25. The monoisotopic (exact) mass is 363 g/mol. The highest BCUT2D eigenvalue weighted by Crippen LogP contribution is 2.25. The number of hydrogen-bond donors (Lipinski definition) is 0. The van der Waals surface area contributed by atoms with Gasteiger partial charge in [0.1, 0.15) is 5.15 Å². The Labute approximate surface area is 151 Å². The summed E-state index contributed by atoms with van der Waals surface area (Å²) < 4.78 is 1.81. The molecule has 24 heavy (non-hydrogen) atoms. The molecule has 0 spiro atoms. The predicted molar refractivity (Wildman–Crippen MR) is 99.3 cm³/mol. The van der Waals surface area contributed by atoms with E-state index in [1.165, 1.54) is 10.4 Å². The van der Waals surface area contributed by atoms with Crippen molar-refractivity contribution >= 4 is 34.9 Å². The number of carbonyl (C=O) groups is 1. The highest BCUT2D eigenvalue weighted by Gasteiger charge is 2.20. The van der Waals surface area contributed by atoms with E-state index in [-0.39, 0.29) is 5.91 Å². The van der Waals surface area contributed by atoms with Crippen LogP contribution >= 0.6 is 22.9 Å². The minimum Gasteiger partial charge on any atom is -0.334 e. The molecule has 0 fully saturated rings. The quantitative estimate of drug-likeness (QED) is 0.765. The second-order valence-corrected chi connectivity index (χ2v) is 7.94. The van der Waals surface area contributed by atoms with E-state index in [1.54, 1.807) is 23.5 Å². The fourth-order valence-corrected chi connectivity index (χ4v) is 4.12. The molecule has 3 heterocycles. The Kier molecular flexibility index (Phi) is 5.11. The molecule has 3 rings (SSSR count). The number of nitrogens with zero attached hydrogens (tertiary/aromatic N) is 3. The van der Waals surface area contributed by atoms with Gasteiger partial charge in [-0.2, -0.15) is 5.10 Å². The Morgan fingerprint density at radius 1 is 1.50 bits per heavy atom. The van der Waals surface area contributed by atoms with Crippen molar-refractivity contribution in [2.24, 2.45) is 5.92 Å². The van der Waals surface area contributed by atoms with E-state index in [0.717, 1.165) is 30.8 Å². The summed E-state index contributed by atoms with van der Waals surface area (Å²) in [6.07, 6.45) is 4.36. The number of hydrogen-bond acceptors (Lipinski definition) is 3. The lowest BCUT2D eigenvalue weighted by atomic mass is 10.1. The molecule has 0 aliphatic carbocycles. The van der Waals surface area contributed by atoms with Crippen molar-refractivity contribution in [3.05, 3.63) is 44.4 Å². The second-order valence-electron chi connectivity index (χ2n) is 6.58. The van der Waals surface area contributed by atoms with Gasteiger partial charge >= 0.3 is 0 Å². The zero-order chi connectivity index (χ0) is 17.3. The lowest BCUT2D eigenvalue weighted by Crippen LogP contribution is -2.34. The Bertz CT molecular complexity index is 775. The maximum absolute atomic E-state index is 12.5. The van der Waals surface area contributed by atoms with Crippen LogP contribution in [0.3, 0.4) is 0 Å². The summed E-state index contributed by atoms with van der Waals surface area (Å²) in [5.74, 6) is 0.493. The average molecular weight is 364 g/mol. The topological polar surface area (TPSA) is 38.1 Å². The third-order valence-electron chi connectivity index (χ3n) is 4.16. The number of halogens is 1. The third kappa shape index (κ3) is 3.57. The summed E-state index contributed by atoms with van der Waals surface area (Å²) in [5, 5.41) is 7.17. The second kappa shape index (κ2) is 7.11. The molecule has 128 valence electrons. The largest absolute Gasteiger partial charge is 0.334 e. The van der Waals surface area contributed by atoms with Gasteiger partial charge in [0, 0.05) is 36.2 Å². The Morgan fingerprint density at radius 2 is 2.29 bits per heavy atom. The van der Waals surface area contributed by atoms with Gasteiger partial charge in [0.25, 0.3) is 0 Å². The third-order valence-corrected chi connectivity index (χ3v) is 5.58. The Hall–Kier alpha value is -1.59. The zero-order valence-electron chi connectivity index (χ0n) is 14.3. The van der Waals surface area contributed by atoms with Crippen LogP contribution < -0.4 is 0 Å². The molecule has 0 unspecified atom stereocenters. The molecule has 4 nitrogen and oxygen atoms in total. The number of aromatic nitrogens is 2. The first-order valence-corrected chi connectivity index (χ1v) is 9.46. The van der Waals surface area contributed by atoms with Crippen molar-refractivity contribution in [2.75, 3.05) is 6.54 Å². The van der Waals surface area contributed by atoms with Crippen LogP contribution in [-0.4, -0.2) is 27.1 Å². The average Bonchev–Trinajstić information content (AvgIpc) is 3.09. The van der Waals surface area contributed by atoms with Gasteiger partial charge in [0.15, 0.2) is 0 Å². The molecule has 1 amide bonds. The van der Waals surface area contributed by atoms with Crippen LogP contribution in [0.2, 0.25) is 5.15 Å². The molecule has 0 bridgehead atoms. The summed E-state index contributed by atoms with van der Waals surface area (Å²) in [4.78, 5) is 15.8. The number of fused-ring (bicyclic) bond motifs is 1. The van der Waals surface area contributed by atoms with E-state index in [2.05, 4.69) is 30.4 Å². The molecule has 0 saturated heterocycles. The van der Waals surface area contributed by atoms with Gasteiger partial charge < -0.3 is 4.90 Å². The summed E-state index contributed by atoms with van der Waals surface area (Å²) in [5.41, 5.74) is 2.95. The number of aryl methyl sites for hydroxylation is 1. The van der Waals surface area contributed by atoms with E-state index in [1.807, 2.05) is 16.5 Å². The number of rotatable bonds is 4. The van der Waals surface area contributed by atoms with Crippen LogP contribution in [0.5, 0.6) is 0 Å². The normalized spacial score (nSPS) is 14.6. The van der Waals surface area contributed by atoms with Crippen molar-refractivity contribution in [1.29, 1.82) is 0 Å². The van der Waals surface area contributed by atoms with Gasteiger partial charge in [-0.15, -0.1) is 11.3 Å². The van der Waals surface area contributed by atoms with E-state index in [0.29, 0.717) is 17.6 Å². The minimum atomic E-state index is 0.0268. The molecule has 6 heteroatoms.